The van der Waals surface area contributed by atoms with Crippen molar-refractivity contribution in [2.45, 2.75) is 32.2 Å². The molecule has 1 aromatic carbocycles. The molecule has 1 saturated heterocycles. The molecule has 0 aliphatic carbocycles. The second kappa shape index (κ2) is 6.79. The van der Waals surface area contributed by atoms with Crippen molar-refractivity contribution < 1.29 is 13.6 Å². The van der Waals surface area contributed by atoms with Crippen LogP contribution in [0.15, 0.2) is 18.2 Å². The number of halogens is 2. The standard InChI is InChI=1S/C15H20F2N2O/c1-2-19(12-6-8-18-9-7-12)14(20)10-11-4-3-5-13(16)15(11)17/h3-5,12,18H,2,6-10H2,1H3. The zero-order valence-electron chi connectivity index (χ0n) is 11.7. The molecule has 1 aromatic rings. The van der Waals surface area contributed by atoms with Gasteiger partial charge in [0.25, 0.3) is 0 Å². The summed E-state index contributed by atoms with van der Waals surface area (Å²) >= 11 is 0. The first-order valence-electron chi connectivity index (χ1n) is 7.06. The van der Waals surface area contributed by atoms with E-state index in [1.54, 1.807) is 4.90 Å². The van der Waals surface area contributed by atoms with Crippen LogP contribution in [0.25, 0.3) is 0 Å². The largest absolute Gasteiger partial charge is 0.340 e. The normalized spacial score (nSPS) is 16.1. The lowest BCUT2D eigenvalue weighted by Crippen LogP contribution is -2.46. The lowest BCUT2D eigenvalue weighted by Gasteiger charge is -2.34. The van der Waals surface area contributed by atoms with E-state index < -0.39 is 11.6 Å². The molecule has 2 rings (SSSR count). The maximum Gasteiger partial charge on any atom is 0.227 e. The summed E-state index contributed by atoms with van der Waals surface area (Å²) in [6, 6.07) is 4.16. The second-order valence-corrected chi connectivity index (χ2v) is 5.05. The number of nitrogens with one attached hydrogen (secondary N) is 1. The van der Waals surface area contributed by atoms with Crippen molar-refractivity contribution in [2.75, 3.05) is 19.6 Å². The van der Waals surface area contributed by atoms with Crippen LogP contribution in [0.3, 0.4) is 0 Å². The van der Waals surface area contributed by atoms with Crippen LogP contribution in [0.2, 0.25) is 0 Å². The zero-order valence-corrected chi connectivity index (χ0v) is 11.7. The Morgan fingerprint density at radius 3 is 2.70 bits per heavy atom. The molecule has 110 valence electrons. The van der Waals surface area contributed by atoms with Gasteiger partial charge in [-0.1, -0.05) is 12.1 Å². The Kier molecular flexibility index (Phi) is 5.06. The predicted octanol–water partition coefficient (Wildman–Crippen LogP) is 2.11. The average Bonchev–Trinajstić information content (AvgIpc) is 2.46. The van der Waals surface area contributed by atoms with Gasteiger partial charge < -0.3 is 10.2 Å². The Morgan fingerprint density at radius 1 is 1.35 bits per heavy atom. The molecule has 0 unspecified atom stereocenters. The van der Waals surface area contributed by atoms with Crippen LogP contribution in [-0.4, -0.2) is 36.5 Å². The minimum atomic E-state index is -0.915. The zero-order chi connectivity index (χ0) is 14.5. The highest BCUT2D eigenvalue weighted by Gasteiger charge is 2.24. The van der Waals surface area contributed by atoms with E-state index in [1.165, 1.54) is 12.1 Å². The number of hydrogen-bond acceptors (Lipinski definition) is 2. The summed E-state index contributed by atoms with van der Waals surface area (Å²) in [4.78, 5) is 14.1. The number of carbonyl (C=O) groups excluding carboxylic acids is 1. The summed E-state index contributed by atoms with van der Waals surface area (Å²) in [5.41, 5.74) is 0.127. The van der Waals surface area contributed by atoms with Gasteiger partial charge in [-0.05, 0) is 38.9 Å². The van der Waals surface area contributed by atoms with Crippen LogP contribution in [0.1, 0.15) is 25.3 Å². The Balaban J connectivity index is 2.07. The first-order valence-corrected chi connectivity index (χ1v) is 7.06. The van der Waals surface area contributed by atoms with Gasteiger partial charge in [0.15, 0.2) is 11.6 Å². The number of piperidine rings is 1. The van der Waals surface area contributed by atoms with E-state index in [9.17, 15) is 13.6 Å². The maximum atomic E-state index is 13.6. The van der Waals surface area contributed by atoms with Gasteiger partial charge in [-0.25, -0.2) is 8.78 Å². The quantitative estimate of drug-likeness (QED) is 0.917. The predicted molar refractivity (Wildman–Crippen MR) is 73.3 cm³/mol. The molecule has 0 saturated carbocycles. The van der Waals surface area contributed by atoms with Gasteiger partial charge in [0, 0.05) is 18.2 Å². The summed E-state index contributed by atoms with van der Waals surface area (Å²) in [5, 5.41) is 3.25. The highest BCUT2D eigenvalue weighted by Crippen LogP contribution is 2.16. The average molecular weight is 282 g/mol. The van der Waals surface area contributed by atoms with Gasteiger partial charge in [0.1, 0.15) is 0 Å². The number of amides is 1. The molecule has 20 heavy (non-hydrogen) atoms. The number of likely N-dealkylation sites (N-methyl/N-ethyl adjacent to an activating group) is 1. The molecule has 0 atom stereocenters. The van der Waals surface area contributed by atoms with Gasteiger partial charge >= 0.3 is 0 Å². The molecule has 1 aliphatic heterocycles. The molecule has 3 nitrogen and oxygen atoms in total. The van der Waals surface area contributed by atoms with Gasteiger partial charge in [0.2, 0.25) is 5.91 Å². The monoisotopic (exact) mass is 282 g/mol. The first-order chi connectivity index (χ1) is 9.63. The third kappa shape index (κ3) is 3.33. The number of nitrogens with zero attached hydrogens (tertiary/aromatic N) is 1. The van der Waals surface area contributed by atoms with Crippen molar-refractivity contribution in [3.8, 4) is 0 Å². The molecule has 0 spiro atoms. The molecular formula is C15H20F2N2O. The minimum Gasteiger partial charge on any atom is -0.340 e. The van der Waals surface area contributed by atoms with Crippen LogP contribution in [0.4, 0.5) is 8.78 Å². The molecule has 5 heteroatoms. The van der Waals surface area contributed by atoms with Crippen LogP contribution in [0, 0.1) is 11.6 Å². The van der Waals surface area contributed by atoms with Crippen LogP contribution in [0.5, 0.6) is 0 Å². The smallest absolute Gasteiger partial charge is 0.227 e. The van der Waals surface area contributed by atoms with Gasteiger partial charge in [-0.2, -0.15) is 0 Å². The summed E-state index contributed by atoms with van der Waals surface area (Å²) in [5.74, 6) is -1.95. The molecule has 1 fully saturated rings. The van der Waals surface area contributed by atoms with E-state index >= 15 is 0 Å². The first kappa shape index (κ1) is 14.9. The SMILES string of the molecule is CCN(C(=O)Cc1cccc(F)c1F)C1CCNCC1. The lowest BCUT2D eigenvalue weighted by molar-refractivity contribution is -0.133. The fraction of sp³-hybridized carbons (Fsp3) is 0.533. The number of rotatable bonds is 4. The van der Waals surface area contributed by atoms with Crippen LogP contribution < -0.4 is 5.32 Å². The molecule has 0 radical (unpaired) electrons. The summed E-state index contributed by atoms with van der Waals surface area (Å²) < 4.78 is 26.8. The Labute approximate surface area is 118 Å². The van der Waals surface area contributed by atoms with E-state index in [0.29, 0.717) is 6.54 Å². The molecule has 0 bridgehead atoms. The second-order valence-electron chi connectivity index (χ2n) is 5.05. The van der Waals surface area contributed by atoms with Crippen LogP contribution in [-0.2, 0) is 11.2 Å². The van der Waals surface area contributed by atoms with E-state index in [4.69, 9.17) is 0 Å². The van der Waals surface area contributed by atoms with Crippen molar-refractivity contribution >= 4 is 5.91 Å². The third-order valence-electron chi connectivity index (χ3n) is 3.78. The van der Waals surface area contributed by atoms with Gasteiger partial charge in [0.05, 0.1) is 6.42 Å². The van der Waals surface area contributed by atoms with Crippen molar-refractivity contribution in [1.82, 2.24) is 10.2 Å². The number of hydrogen-bond donors (Lipinski definition) is 1. The fourth-order valence-electron chi connectivity index (χ4n) is 2.71. The van der Waals surface area contributed by atoms with Crippen molar-refractivity contribution in [2.24, 2.45) is 0 Å². The minimum absolute atomic E-state index is 0.0820. The van der Waals surface area contributed by atoms with Crippen molar-refractivity contribution in [3.05, 3.63) is 35.4 Å². The van der Waals surface area contributed by atoms with Gasteiger partial charge in [-0.3, -0.25) is 4.79 Å². The molecule has 1 heterocycles. The highest BCUT2D eigenvalue weighted by molar-refractivity contribution is 5.79. The topological polar surface area (TPSA) is 32.3 Å². The molecule has 1 amide bonds. The molecule has 1 aliphatic rings. The van der Waals surface area contributed by atoms with Crippen molar-refractivity contribution in [1.29, 1.82) is 0 Å². The summed E-state index contributed by atoms with van der Waals surface area (Å²) in [6.07, 6.45) is 1.73. The van der Waals surface area contributed by atoms with Crippen LogP contribution >= 0.6 is 0 Å². The van der Waals surface area contributed by atoms with E-state index in [-0.39, 0.29) is 23.9 Å². The Morgan fingerprint density at radius 2 is 2.05 bits per heavy atom. The van der Waals surface area contributed by atoms with E-state index in [0.717, 1.165) is 32.0 Å². The molecule has 0 aromatic heterocycles. The van der Waals surface area contributed by atoms with Crippen molar-refractivity contribution in [3.63, 3.8) is 0 Å². The van der Waals surface area contributed by atoms with E-state index in [2.05, 4.69) is 5.32 Å². The molecule has 1 N–H and O–H groups in total. The lowest BCUT2D eigenvalue weighted by atomic mass is 10.0. The molecular weight excluding hydrogens is 262 g/mol. The number of carbonyl (C=O) groups is 1. The highest BCUT2D eigenvalue weighted by atomic mass is 19.2. The third-order valence-corrected chi connectivity index (χ3v) is 3.78. The number of benzene rings is 1. The summed E-state index contributed by atoms with van der Waals surface area (Å²) in [7, 11) is 0. The fourth-order valence-corrected chi connectivity index (χ4v) is 2.71. The van der Waals surface area contributed by atoms with E-state index in [1.807, 2.05) is 6.92 Å². The Bertz CT molecular complexity index is 473. The Hall–Kier alpha value is -1.49. The maximum absolute atomic E-state index is 13.6. The van der Waals surface area contributed by atoms with Gasteiger partial charge in [-0.15, -0.1) is 0 Å². The summed E-state index contributed by atoms with van der Waals surface area (Å²) in [6.45, 7) is 4.30.